The zero-order chi connectivity index (χ0) is 14.7. The summed E-state index contributed by atoms with van der Waals surface area (Å²) in [5, 5.41) is 3.17. The number of halogens is 2. The second-order valence-electron chi connectivity index (χ2n) is 4.87. The van der Waals surface area contributed by atoms with Crippen LogP contribution in [0.4, 0.5) is 8.78 Å². The van der Waals surface area contributed by atoms with E-state index in [-0.39, 0.29) is 5.56 Å². The molecule has 0 aliphatic rings. The molecule has 0 saturated carbocycles. The largest absolute Gasteiger partial charge is 0.305 e. The summed E-state index contributed by atoms with van der Waals surface area (Å²) in [5.41, 5.74) is 3.01. The van der Waals surface area contributed by atoms with E-state index in [1.807, 2.05) is 26.8 Å². The summed E-state index contributed by atoms with van der Waals surface area (Å²) >= 11 is 0. The minimum absolute atomic E-state index is 0.284. The fourth-order valence-corrected chi connectivity index (χ4v) is 2.32. The highest BCUT2D eigenvalue weighted by atomic mass is 19.1. The summed E-state index contributed by atoms with van der Waals surface area (Å²) in [5.74, 6) is -0.881. The molecule has 1 N–H and O–H groups in total. The Morgan fingerprint density at radius 3 is 2.60 bits per heavy atom. The summed E-state index contributed by atoms with van der Waals surface area (Å²) in [6, 6.07) is 5.04. The second-order valence-corrected chi connectivity index (χ2v) is 4.87. The van der Waals surface area contributed by atoms with Crippen molar-refractivity contribution in [1.82, 2.24) is 10.3 Å². The van der Waals surface area contributed by atoms with Crippen molar-refractivity contribution in [2.45, 2.75) is 26.8 Å². The van der Waals surface area contributed by atoms with Crippen molar-refractivity contribution in [3.8, 4) is 0 Å². The third kappa shape index (κ3) is 3.02. The average molecular weight is 276 g/mol. The highest BCUT2D eigenvalue weighted by Crippen LogP contribution is 2.26. The fourth-order valence-electron chi connectivity index (χ4n) is 2.32. The van der Waals surface area contributed by atoms with Gasteiger partial charge < -0.3 is 5.32 Å². The first kappa shape index (κ1) is 14.6. The van der Waals surface area contributed by atoms with Gasteiger partial charge in [0.15, 0.2) is 0 Å². The molecule has 0 amide bonds. The molecule has 2 rings (SSSR count). The summed E-state index contributed by atoms with van der Waals surface area (Å²) in [7, 11) is 0. The molecule has 1 atom stereocenters. The van der Waals surface area contributed by atoms with Crippen LogP contribution in [0.1, 0.15) is 35.3 Å². The van der Waals surface area contributed by atoms with Gasteiger partial charge in [0.1, 0.15) is 11.6 Å². The lowest BCUT2D eigenvalue weighted by Gasteiger charge is -2.20. The van der Waals surface area contributed by atoms with Gasteiger partial charge in [0.25, 0.3) is 0 Å². The van der Waals surface area contributed by atoms with E-state index in [4.69, 9.17) is 0 Å². The molecule has 0 aliphatic carbocycles. The second kappa shape index (κ2) is 6.09. The van der Waals surface area contributed by atoms with Gasteiger partial charge in [-0.15, -0.1) is 0 Å². The van der Waals surface area contributed by atoms with E-state index in [0.29, 0.717) is 6.54 Å². The number of aryl methyl sites for hydroxylation is 2. The minimum Gasteiger partial charge on any atom is -0.305 e. The summed E-state index contributed by atoms with van der Waals surface area (Å²) in [6.07, 6.45) is 1.74. The van der Waals surface area contributed by atoms with E-state index in [1.54, 1.807) is 6.20 Å². The van der Waals surface area contributed by atoms with Crippen molar-refractivity contribution < 1.29 is 8.78 Å². The molecule has 2 aromatic rings. The lowest BCUT2D eigenvalue weighted by Crippen LogP contribution is -2.25. The van der Waals surface area contributed by atoms with E-state index in [0.717, 1.165) is 29.0 Å². The molecule has 2 nitrogen and oxygen atoms in total. The van der Waals surface area contributed by atoms with Crippen molar-refractivity contribution in [2.75, 3.05) is 6.54 Å². The molecule has 20 heavy (non-hydrogen) atoms. The molecule has 1 unspecified atom stereocenters. The number of benzene rings is 1. The van der Waals surface area contributed by atoms with Gasteiger partial charge in [-0.2, -0.15) is 0 Å². The molecule has 106 valence electrons. The molecular weight excluding hydrogens is 258 g/mol. The first-order valence-electron chi connectivity index (χ1n) is 6.64. The third-order valence-electron chi connectivity index (χ3n) is 3.21. The minimum atomic E-state index is -0.450. The Balaban J connectivity index is 2.53. The molecule has 4 heteroatoms. The highest BCUT2D eigenvalue weighted by Gasteiger charge is 2.20. The van der Waals surface area contributed by atoms with Crippen molar-refractivity contribution >= 4 is 0 Å². The number of aromatic nitrogens is 1. The van der Waals surface area contributed by atoms with Crippen molar-refractivity contribution in [1.29, 1.82) is 0 Å². The summed E-state index contributed by atoms with van der Waals surface area (Å²) < 4.78 is 27.4. The van der Waals surface area contributed by atoms with Crippen molar-refractivity contribution in [3.63, 3.8) is 0 Å². The molecule has 0 fully saturated rings. The molecule has 0 radical (unpaired) electrons. The average Bonchev–Trinajstić information content (AvgIpc) is 2.40. The lowest BCUT2D eigenvalue weighted by molar-refractivity contribution is 0.537. The van der Waals surface area contributed by atoms with Crippen LogP contribution in [0.5, 0.6) is 0 Å². The molecule has 0 saturated heterocycles. The standard InChI is InChI=1S/C16H18F2N2/c1-4-19-16(13-8-12(17)5-6-14(13)18)15-11(3)7-10(2)9-20-15/h5-9,16,19H,4H2,1-3H3. The summed E-state index contributed by atoms with van der Waals surface area (Å²) in [6.45, 7) is 6.44. The van der Waals surface area contributed by atoms with E-state index in [1.165, 1.54) is 6.07 Å². The third-order valence-corrected chi connectivity index (χ3v) is 3.21. The maximum atomic E-state index is 14.0. The fraction of sp³-hybridized carbons (Fsp3) is 0.312. The number of pyridine rings is 1. The number of hydrogen-bond donors (Lipinski definition) is 1. The van der Waals surface area contributed by atoms with Gasteiger partial charge in [0.05, 0.1) is 11.7 Å². The van der Waals surface area contributed by atoms with Gasteiger partial charge in [-0.05, 0) is 49.7 Å². The predicted molar refractivity (Wildman–Crippen MR) is 75.6 cm³/mol. The van der Waals surface area contributed by atoms with E-state index >= 15 is 0 Å². The number of nitrogens with one attached hydrogen (secondary N) is 1. The van der Waals surface area contributed by atoms with Crippen molar-refractivity contribution in [2.24, 2.45) is 0 Å². The molecule has 0 bridgehead atoms. The monoisotopic (exact) mass is 276 g/mol. The Kier molecular flexibility index (Phi) is 4.45. The van der Waals surface area contributed by atoms with Crippen LogP contribution in [0.15, 0.2) is 30.5 Å². The number of nitrogens with zero attached hydrogens (tertiary/aromatic N) is 1. The van der Waals surface area contributed by atoms with Gasteiger partial charge in [0, 0.05) is 11.8 Å². The van der Waals surface area contributed by atoms with Gasteiger partial charge in [-0.1, -0.05) is 13.0 Å². The maximum Gasteiger partial charge on any atom is 0.128 e. The van der Waals surface area contributed by atoms with Crippen LogP contribution >= 0.6 is 0 Å². The van der Waals surface area contributed by atoms with Crippen LogP contribution in [0.2, 0.25) is 0 Å². The lowest BCUT2D eigenvalue weighted by atomic mass is 9.98. The zero-order valence-corrected chi connectivity index (χ0v) is 11.9. The maximum absolute atomic E-state index is 14.0. The highest BCUT2D eigenvalue weighted by molar-refractivity contribution is 5.34. The Bertz CT molecular complexity index is 611. The number of rotatable bonds is 4. The Morgan fingerprint density at radius 2 is 1.95 bits per heavy atom. The first-order chi connectivity index (χ1) is 9.52. The van der Waals surface area contributed by atoms with Gasteiger partial charge >= 0.3 is 0 Å². The normalized spacial score (nSPS) is 12.4. The van der Waals surface area contributed by atoms with Gasteiger partial charge in [0.2, 0.25) is 0 Å². The molecule has 1 heterocycles. The topological polar surface area (TPSA) is 24.9 Å². The van der Waals surface area contributed by atoms with Gasteiger partial charge in [-0.3, -0.25) is 4.98 Å². The quantitative estimate of drug-likeness (QED) is 0.921. The van der Waals surface area contributed by atoms with E-state index < -0.39 is 17.7 Å². The molecule has 0 aliphatic heterocycles. The molecule has 1 aromatic heterocycles. The van der Waals surface area contributed by atoms with Gasteiger partial charge in [-0.25, -0.2) is 8.78 Å². The zero-order valence-electron chi connectivity index (χ0n) is 11.9. The predicted octanol–water partition coefficient (Wildman–Crippen LogP) is 3.68. The summed E-state index contributed by atoms with van der Waals surface area (Å²) in [4.78, 5) is 4.39. The molecular formula is C16H18F2N2. The van der Waals surface area contributed by atoms with Crippen LogP contribution in [0.3, 0.4) is 0 Å². The Hall–Kier alpha value is -1.81. The number of hydrogen-bond acceptors (Lipinski definition) is 2. The Labute approximate surface area is 117 Å². The SMILES string of the molecule is CCNC(c1cc(F)ccc1F)c1ncc(C)cc1C. The van der Waals surface area contributed by atoms with Crippen LogP contribution < -0.4 is 5.32 Å². The molecule has 1 aromatic carbocycles. The smallest absolute Gasteiger partial charge is 0.128 e. The molecule has 0 spiro atoms. The van der Waals surface area contributed by atoms with Crippen LogP contribution in [0, 0.1) is 25.5 Å². The first-order valence-corrected chi connectivity index (χ1v) is 6.64. The van der Waals surface area contributed by atoms with E-state index in [9.17, 15) is 8.78 Å². The van der Waals surface area contributed by atoms with Crippen LogP contribution in [-0.2, 0) is 0 Å². The van der Waals surface area contributed by atoms with Crippen LogP contribution in [-0.4, -0.2) is 11.5 Å². The van der Waals surface area contributed by atoms with Crippen molar-refractivity contribution in [3.05, 3.63) is 64.5 Å². The Morgan fingerprint density at radius 1 is 1.20 bits per heavy atom. The van der Waals surface area contributed by atoms with E-state index in [2.05, 4.69) is 10.3 Å². The van der Waals surface area contributed by atoms with Crippen LogP contribution in [0.25, 0.3) is 0 Å².